The highest BCUT2D eigenvalue weighted by atomic mass is 16.6. The number of hydrogen-bond acceptors (Lipinski definition) is 2. The Morgan fingerprint density at radius 2 is 1.92 bits per heavy atom. The first kappa shape index (κ1) is 8.17. The minimum atomic E-state index is 0.645. The van der Waals surface area contributed by atoms with Crippen molar-refractivity contribution in [1.82, 2.24) is 0 Å². The lowest BCUT2D eigenvalue weighted by Gasteiger charge is -2.18. The van der Waals surface area contributed by atoms with Crippen molar-refractivity contribution in [3.05, 3.63) is 29.8 Å². The van der Waals surface area contributed by atoms with Crippen LogP contribution < -0.4 is 9.47 Å². The molecule has 1 aromatic carbocycles. The van der Waals surface area contributed by atoms with E-state index in [1.807, 2.05) is 37.3 Å². The SMILES string of the molecule is CC=Cc1ccc2c(c1)OCCO2. The van der Waals surface area contributed by atoms with Crippen LogP contribution in [0.3, 0.4) is 0 Å². The molecular weight excluding hydrogens is 164 g/mol. The molecule has 0 unspecified atom stereocenters. The molecule has 0 aromatic heterocycles. The van der Waals surface area contributed by atoms with Crippen molar-refractivity contribution in [3.63, 3.8) is 0 Å². The van der Waals surface area contributed by atoms with Crippen LogP contribution in [0.25, 0.3) is 6.08 Å². The molecule has 0 spiro atoms. The lowest BCUT2D eigenvalue weighted by atomic mass is 10.2. The lowest BCUT2D eigenvalue weighted by molar-refractivity contribution is 0.171. The molecule has 0 saturated heterocycles. The largest absolute Gasteiger partial charge is 0.486 e. The zero-order chi connectivity index (χ0) is 9.10. The second-order valence-electron chi connectivity index (χ2n) is 2.90. The second-order valence-corrected chi connectivity index (χ2v) is 2.90. The van der Waals surface area contributed by atoms with Crippen LogP contribution in [-0.2, 0) is 0 Å². The van der Waals surface area contributed by atoms with Crippen molar-refractivity contribution in [2.45, 2.75) is 6.92 Å². The average molecular weight is 176 g/mol. The van der Waals surface area contributed by atoms with Crippen molar-refractivity contribution in [3.8, 4) is 11.5 Å². The van der Waals surface area contributed by atoms with Gasteiger partial charge in [-0.15, -0.1) is 0 Å². The molecule has 13 heavy (non-hydrogen) atoms. The molecule has 0 saturated carbocycles. The first-order valence-corrected chi connectivity index (χ1v) is 4.42. The van der Waals surface area contributed by atoms with E-state index < -0.39 is 0 Å². The molecule has 1 aromatic rings. The monoisotopic (exact) mass is 176 g/mol. The van der Waals surface area contributed by atoms with Crippen molar-refractivity contribution in [2.75, 3.05) is 13.2 Å². The zero-order valence-corrected chi connectivity index (χ0v) is 7.62. The van der Waals surface area contributed by atoms with Gasteiger partial charge in [0, 0.05) is 0 Å². The Bertz CT molecular complexity index is 329. The minimum absolute atomic E-state index is 0.645. The first-order chi connectivity index (χ1) is 6.40. The predicted octanol–water partition coefficient (Wildman–Crippen LogP) is 2.49. The van der Waals surface area contributed by atoms with Gasteiger partial charge in [0.15, 0.2) is 11.5 Å². The second kappa shape index (κ2) is 3.52. The fraction of sp³-hybridized carbons (Fsp3) is 0.273. The number of benzene rings is 1. The van der Waals surface area contributed by atoms with Gasteiger partial charge < -0.3 is 9.47 Å². The van der Waals surface area contributed by atoms with Crippen molar-refractivity contribution < 1.29 is 9.47 Å². The Kier molecular flexibility index (Phi) is 2.21. The maximum absolute atomic E-state index is 5.45. The lowest BCUT2D eigenvalue weighted by Crippen LogP contribution is -2.15. The molecule has 0 amide bonds. The van der Waals surface area contributed by atoms with Crippen LogP contribution in [0, 0.1) is 0 Å². The Labute approximate surface area is 77.8 Å². The molecule has 0 fully saturated rings. The highest BCUT2D eigenvalue weighted by Gasteiger charge is 2.10. The maximum Gasteiger partial charge on any atom is 0.161 e. The molecular formula is C11H12O2. The van der Waals surface area contributed by atoms with E-state index in [1.165, 1.54) is 0 Å². The summed E-state index contributed by atoms with van der Waals surface area (Å²) in [6, 6.07) is 5.96. The van der Waals surface area contributed by atoms with Gasteiger partial charge in [0.2, 0.25) is 0 Å². The van der Waals surface area contributed by atoms with Gasteiger partial charge in [-0.2, -0.15) is 0 Å². The van der Waals surface area contributed by atoms with Gasteiger partial charge in [-0.05, 0) is 24.6 Å². The molecule has 0 atom stereocenters. The molecule has 2 nitrogen and oxygen atoms in total. The summed E-state index contributed by atoms with van der Waals surface area (Å²) >= 11 is 0. The molecule has 0 aliphatic carbocycles. The number of rotatable bonds is 1. The van der Waals surface area contributed by atoms with Crippen LogP contribution in [-0.4, -0.2) is 13.2 Å². The van der Waals surface area contributed by atoms with Gasteiger partial charge in [0.1, 0.15) is 13.2 Å². The summed E-state index contributed by atoms with van der Waals surface area (Å²) in [6.45, 7) is 3.29. The third-order valence-corrected chi connectivity index (χ3v) is 1.93. The Morgan fingerprint density at radius 3 is 2.69 bits per heavy atom. The van der Waals surface area contributed by atoms with E-state index in [4.69, 9.17) is 9.47 Å². The number of allylic oxidation sites excluding steroid dienone is 1. The quantitative estimate of drug-likeness (QED) is 0.654. The summed E-state index contributed by atoms with van der Waals surface area (Å²) in [5.41, 5.74) is 1.15. The topological polar surface area (TPSA) is 18.5 Å². The molecule has 1 aliphatic heterocycles. The van der Waals surface area contributed by atoms with E-state index in [-0.39, 0.29) is 0 Å². The highest BCUT2D eigenvalue weighted by Crippen LogP contribution is 2.30. The molecule has 0 radical (unpaired) electrons. The number of hydrogen-bond donors (Lipinski definition) is 0. The third kappa shape index (κ3) is 1.66. The molecule has 1 aliphatic rings. The van der Waals surface area contributed by atoms with Gasteiger partial charge in [-0.25, -0.2) is 0 Å². The minimum Gasteiger partial charge on any atom is -0.486 e. The van der Waals surface area contributed by atoms with Crippen LogP contribution in [0.4, 0.5) is 0 Å². The number of ether oxygens (including phenoxy) is 2. The van der Waals surface area contributed by atoms with Gasteiger partial charge in [-0.3, -0.25) is 0 Å². The predicted molar refractivity (Wildman–Crippen MR) is 52.1 cm³/mol. The average Bonchev–Trinajstić information content (AvgIpc) is 2.18. The zero-order valence-electron chi connectivity index (χ0n) is 7.62. The fourth-order valence-electron chi connectivity index (χ4n) is 1.36. The van der Waals surface area contributed by atoms with Crippen LogP contribution in [0.2, 0.25) is 0 Å². The van der Waals surface area contributed by atoms with Crippen molar-refractivity contribution in [2.24, 2.45) is 0 Å². The normalized spacial score (nSPS) is 14.8. The number of fused-ring (bicyclic) bond motifs is 1. The van der Waals surface area contributed by atoms with Crippen LogP contribution in [0.1, 0.15) is 12.5 Å². The van der Waals surface area contributed by atoms with Crippen molar-refractivity contribution in [1.29, 1.82) is 0 Å². The fourth-order valence-corrected chi connectivity index (χ4v) is 1.36. The van der Waals surface area contributed by atoms with E-state index in [9.17, 15) is 0 Å². The Morgan fingerprint density at radius 1 is 1.15 bits per heavy atom. The van der Waals surface area contributed by atoms with Crippen LogP contribution >= 0.6 is 0 Å². The standard InChI is InChI=1S/C11H12O2/c1-2-3-9-4-5-10-11(8-9)13-7-6-12-10/h2-5,8H,6-7H2,1H3. The van der Waals surface area contributed by atoms with Gasteiger partial charge in [0.05, 0.1) is 0 Å². The summed E-state index contributed by atoms with van der Waals surface area (Å²) in [4.78, 5) is 0. The van der Waals surface area contributed by atoms with Gasteiger partial charge >= 0.3 is 0 Å². The smallest absolute Gasteiger partial charge is 0.161 e. The van der Waals surface area contributed by atoms with E-state index >= 15 is 0 Å². The summed E-state index contributed by atoms with van der Waals surface area (Å²) in [5, 5.41) is 0. The molecule has 2 heteroatoms. The molecule has 0 N–H and O–H groups in total. The third-order valence-electron chi connectivity index (χ3n) is 1.93. The van der Waals surface area contributed by atoms with E-state index in [2.05, 4.69) is 0 Å². The Balaban J connectivity index is 2.35. The van der Waals surface area contributed by atoms with E-state index in [0.29, 0.717) is 13.2 Å². The van der Waals surface area contributed by atoms with Crippen LogP contribution in [0.15, 0.2) is 24.3 Å². The van der Waals surface area contributed by atoms with Gasteiger partial charge in [-0.1, -0.05) is 18.2 Å². The summed E-state index contributed by atoms with van der Waals surface area (Å²) in [5.74, 6) is 1.70. The molecule has 68 valence electrons. The molecule has 1 heterocycles. The van der Waals surface area contributed by atoms with E-state index in [0.717, 1.165) is 17.1 Å². The highest BCUT2D eigenvalue weighted by molar-refractivity contribution is 5.55. The first-order valence-electron chi connectivity index (χ1n) is 4.42. The maximum atomic E-state index is 5.45. The van der Waals surface area contributed by atoms with Crippen LogP contribution in [0.5, 0.6) is 11.5 Å². The summed E-state index contributed by atoms with van der Waals surface area (Å²) in [7, 11) is 0. The summed E-state index contributed by atoms with van der Waals surface area (Å²) in [6.07, 6.45) is 4.05. The molecule has 0 bridgehead atoms. The molecule has 2 rings (SSSR count). The summed E-state index contributed by atoms with van der Waals surface area (Å²) < 4.78 is 10.9. The van der Waals surface area contributed by atoms with Crippen molar-refractivity contribution >= 4 is 6.08 Å². The van der Waals surface area contributed by atoms with Gasteiger partial charge in [0.25, 0.3) is 0 Å². The van der Waals surface area contributed by atoms with E-state index in [1.54, 1.807) is 0 Å². The Hall–Kier alpha value is -1.44.